The Hall–Kier alpha value is -0.0800. The first kappa shape index (κ1) is 8.52. The zero-order chi connectivity index (χ0) is 8.23. The van der Waals surface area contributed by atoms with Crippen molar-refractivity contribution in [1.29, 1.82) is 0 Å². The van der Waals surface area contributed by atoms with E-state index < -0.39 is 0 Å². The monoisotopic (exact) mass is 169 g/mol. The summed E-state index contributed by atoms with van der Waals surface area (Å²) in [6.07, 6.45) is 6.82. The molecule has 2 heterocycles. The second kappa shape index (κ2) is 4.24. The van der Waals surface area contributed by atoms with Crippen LogP contribution in [-0.4, -0.2) is 25.8 Å². The number of nitrogens with one attached hydrogen (secondary N) is 1. The van der Waals surface area contributed by atoms with Crippen LogP contribution in [0.4, 0.5) is 0 Å². The predicted octanol–water partition coefficient (Wildman–Crippen LogP) is 1.56. The van der Waals surface area contributed by atoms with E-state index in [2.05, 4.69) is 5.32 Å². The Balaban J connectivity index is 1.60. The molecule has 0 saturated carbocycles. The van der Waals surface area contributed by atoms with Crippen LogP contribution in [0, 0.1) is 5.92 Å². The van der Waals surface area contributed by atoms with Gasteiger partial charge in [0.25, 0.3) is 0 Å². The number of ether oxygens (including phenoxy) is 1. The Labute approximate surface area is 74.7 Å². The zero-order valence-electron chi connectivity index (χ0n) is 7.72. The van der Waals surface area contributed by atoms with Crippen LogP contribution in [0.1, 0.15) is 32.1 Å². The summed E-state index contributed by atoms with van der Waals surface area (Å²) in [4.78, 5) is 0. The lowest BCUT2D eigenvalue weighted by atomic mass is 9.99. The summed E-state index contributed by atoms with van der Waals surface area (Å²) in [6, 6.07) is 0.825. The second-order valence-corrected chi connectivity index (χ2v) is 4.10. The van der Waals surface area contributed by atoms with E-state index >= 15 is 0 Å². The zero-order valence-corrected chi connectivity index (χ0v) is 7.72. The molecule has 1 N–H and O–H groups in total. The Kier molecular flexibility index (Phi) is 3.01. The highest BCUT2D eigenvalue weighted by Gasteiger charge is 2.19. The fourth-order valence-electron chi connectivity index (χ4n) is 2.25. The summed E-state index contributed by atoms with van der Waals surface area (Å²) in [5.74, 6) is 0.868. The average molecular weight is 169 g/mol. The Morgan fingerprint density at radius 2 is 2.25 bits per heavy atom. The van der Waals surface area contributed by atoms with Crippen LogP contribution < -0.4 is 5.32 Å². The van der Waals surface area contributed by atoms with Crippen molar-refractivity contribution in [2.75, 3.05) is 19.8 Å². The van der Waals surface area contributed by atoms with E-state index in [1.54, 1.807) is 0 Å². The molecule has 2 saturated heterocycles. The molecule has 2 rings (SSSR count). The molecule has 0 aliphatic carbocycles. The van der Waals surface area contributed by atoms with Crippen molar-refractivity contribution >= 4 is 0 Å². The standard InChI is InChI=1S/C10H19NO/c1-2-10(11-6-1)4-3-9-5-7-12-8-9/h9-11H,1-8H2. The molecule has 70 valence electrons. The number of hydrogen-bond acceptors (Lipinski definition) is 2. The predicted molar refractivity (Wildman–Crippen MR) is 49.2 cm³/mol. The van der Waals surface area contributed by atoms with Crippen LogP contribution >= 0.6 is 0 Å². The van der Waals surface area contributed by atoms with Gasteiger partial charge in [-0.25, -0.2) is 0 Å². The fourth-order valence-corrected chi connectivity index (χ4v) is 2.25. The topological polar surface area (TPSA) is 21.3 Å². The van der Waals surface area contributed by atoms with E-state index in [0.29, 0.717) is 0 Å². The minimum atomic E-state index is 0.825. The molecule has 0 aromatic carbocycles. The van der Waals surface area contributed by atoms with Crippen molar-refractivity contribution in [3.05, 3.63) is 0 Å². The van der Waals surface area contributed by atoms with E-state index in [9.17, 15) is 0 Å². The summed E-state index contributed by atoms with van der Waals surface area (Å²) in [5.41, 5.74) is 0. The second-order valence-electron chi connectivity index (χ2n) is 4.10. The summed E-state index contributed by atoms with van der Waals surface area (Å²) >= 11 is 0. The van der Waals surface area contributed by atoms with Crippen LogP contribution in [0.15, 0.2) is 0 Å². The van der Waals surface area contributed by atoms with Crippen molar-refractivity contribution in [2.24, 2.45) is 5.92 Å². The lowest BCUT2D eigenvalue weighted by molar-refractivity contribution is 0.183. The van der Waals surface area contributed by atoms with Gasteiger partial charge in [0.05, 0.1) is 0 Å². The maximum Gasteiger partial charge on any atom is 0.0495 e. The van der Waals surface area contributed by atoms with Crippen LogP contribution in [0.3, 0.4) is 0 Å². The normalized spacial score (nSPS) is 36.0. The molecule has 0 radical (unpaired) electrons. The van der Waals surface area contributed by atoms with Gasteiger partial charge in [-0.3, -0.25) is 0 Å². The number of rotatable bonds is 3. The van der Waals surface area contributed by atoms with E-state index in [1.807, 2.05) is 0 Å². The highest BCUT2D eigenvalue weighted by Crippen LogP contribution is 2.21. The van der Waals surface area contributed by atoms with Gasteiger partial charge in [-0.15, -0.1) is 0 Å². The van der Waals surface area contributed by atoms with Crippen LogP contribution in [-0.2, 0) is 4.74 Å². The fraction of sp³-hybridized carbons (Fsp3) is 1.00. The molecule has 2 aliphatic rings. The molecule has 0 bridgehead atoms. The van der Waals surface area contributed by atoms with Gasteiger partial charge in [-0.2, -0.15) is 0 Å². The van der Waals surface area contributed by atoms with Gasteiger partial charge in [0.15, 0.2) is 0 Å². The van der Waals surface area contributed by atoms with Crippen molar-refractivity contribution in [3.63, 3.8) is 0 Å². The summed E-state index contributed by atoms with van der Waals surface area (Å²) < 4.78 is 5.35. The molecule has 2 unspecified atom stereocenters. The maximum atomic E-state index is 5.35. The van der Waals surface area contributed by atoms with Gasteiger partial charge in [0.1, 0.15) is 0 Å². The summed E-state index contributed by atoms with van der Waals surface area (Å²) in [7, 11) is 0. The third kappa shape index (κ3) is 2.20. The molecule has 0 aromatic rings. The molecule has 0 spiro atoms. The smallest absolute Gasteiger partial charge is 0.0495 e. The van der Waals surface area contributed by atoms with Gasteiger partial charge in [0, 0.05) is 19.3 Å². The van der Waals surface area contributed by atoms with E-state index in [-0.39, 0.29) is 0 Å². The Morgan fingerprint density at radius 3 is 2.92 bits per heavy atom. The quantitative estimate of drug-likeness (QED) is 0.692. The molecular weight excluding hydrogens is 150 g/mol. The van der Waals surface area contributed by atoms with Gasteiger partial charge >= 0.3 is 0 Å². The average Bonchev–Trinajstić information content (AvgIpc) is 2.74. The third-order valence-electron chi connectivity index (χ3n) is 3.11. The highest BCUT2D eigenvalue weighted by molar-refractivity contribution is 4.76. The SMILES string of the molecule is C1CNC(CCC2CCOC2)C1. The van der Waals surface area contributed by atoms with E-state index in [4.69, 9.17) is 4.74 Å². The van der Waals surface area contributed by atoms with Crippen molar-refractivity contribution in [1.82, 2.24) is 5.32 Å². The lowest BCUT2D eigenvalue weighted by Gasteiger charge is -2.12. The van der Waals surface area contributed by atoms with Crippen LogP contribution in [0.2, 0.25) is 0 Å². The third-order valence-corrected chi connectivity index (χ3v) is 3.11. The van der Waals surface area contributed by atoms with Gasteiger partial charge in [0.2, 0.25) is 0 Å². The lowest BCUT2D eigenvalue weighted by Crippen LogP contribution is -2.22. The minimum Gasteiger partial charge on any atom is -0.381 e. The molecule has 2 aliphatic heterocycles. The van der Waals surface area contributed by atoms with E-state index in [0.717, 1.165) is 25.2 Å². The van der Waals surface area contributed by atoms with Gasteiger partial charge in [-0.05, 0) is 44.6 Å². The molecule has 2 fully saturated rings. The first-order valence-electron chi connectivity index (χ1n) is 5.26. The first-order chi connectivity index (χ1) is 5.95. The largest absolute Gasteiger partial charge is 0.381 e. The Morgan fingerprint density at radius 1 is 1.25 bits per heavy atom. The highest BCUT2D eigenvalue weighted by atomic mass is 16.5. The van der Waals surface area contributed by atoms with Gasteiger partial charge < -0.3 is 10.1 Å². The molecule has 0 amide bonds. The minimum absolute atomic E-state index is 0.825. The molecule has 2 nitrogen and oxygen atoms in total. The first-order valence-corrected chi connectivity index (χ1v) is 5.26. The van der Waals surface area contributed by atoms with Gasteiger partial charge in [-0.1, -0.05) is 0 Å². The van der Waals surface area contributed by atoms with Crippen molar-refractivity contribution in [2.45, 2.75) is 38.1 Å². The molecule has 0 aromatic heterocycles. The van der Waals surface area contributed by atoms with Crippen molar-refractivity contribution < 1.29 is 4.74 Å². The maximum absolute atomic E-state index is 5.35. The van der Waals surface area contributed by atoms with Crippen LogP contribution in [0.5, 0.6) is 0 Å². The Bertz CT molecular complexity index is 110. The molecule has 2 atom stereocenters. The van der Waals surface area contributed by atoms with E-state index in [1.165, 1.54) is 38.6 Å². The van der Waals surface area contributed by atoms with Crippen molar-refractivity contribution in [3.8, 4) is 0 Å². The number of hydrogen-bond donors (Lipinski definition) is 1. The van der Waals surface area contributed by atoms with Crippen LogP contribution in [0.25, 0.3) is 0 Å². The summed E-state index contributed by atoms with van der Waals surface area (Å²) in [6.45, 7) is 3.27. The molecule has 12 heavy (non-hydrogen) atoms. The molecular formula is C10H19NO. The molecule has 2 heteroatoms. The summed E-state index contributed by atoms with van der Waals surface area (Å²) in [5, 5.41) is 3.54.